The maximum Gasteiger partial charge on any atom is 0.216 e. The second-order valence-electron chi connectivity index (χ2n) is 16.8. The summed E-state index contributed by atoms with van der Waals surface area (Å²) in [5, 5.41) is 2.05. The molecule has 0 aliphatic heterocycles. The molecule has 5 heterocycles. The number of fused-ring (bicyclic) bond motifs is 4. The number of benzene rings is 2. The number of aryl methyl sites for hydroxylation is 2. The van der Waals surface area contributed by atoms with Gasteiger partial charge in [0.05, 0.1) is 28.1 Å². The van der Waals surface area contributed by atoms with Crippen LogP contribution in [0.4, 0.5) is 0 Å². The molecule has 1 aliphatic carbocycles. The van der Waals surface area contributed by atoms with Gasteiger partial charge >= 0.3 is 163 Å². The molecule has 0 bridgehead atoms. The average molecular weight is 971 g/mol. The van der Waals surface area contributed by atoms with Crippen LogP contribution in [0.25, 0.3) is 55.7 Å². The molecule has 0 saturated heterocycles. The van der Waals surface area contributed by atoms with Gasteiger partial charge in [-0.05, 0) is 38.0 Å². The molecule has 1 radical (unpaired) electrons. The number of hydrogen-bond acceptors (Lipinski definition) is 5. The van der Waals surface area contributed by atoms with E-state index < -0.39 is 13.3 Å². The largest absolute Gasteiger partial charge is 0.486 e. The van der Waals surface area contributed by atoms with Gasteiger partial charge in [0, 0.05) is 43.9 Å². The van der Waals surface area contributed by atoms with Gasteiger partial charge in [0.25, 0.3) is 0 Å². The van der Waals surface area contributed by atoms with E-state index in [1.54, 1.807) is 4.40 Å². The standard InChI is InChI=1S/C24H34GeN.C23H21N4O.Ir/c1-18(2)15-22-16-24(26-17-23(22)25(3,4)5)21-13-11-20(12-14-21)19-9-7-6-8-10-19;1-5-27-20-18(11-12-24-19(20)13(2)3)26-22(27)17-8-6-7-15-16-10-9-14(4)25-23(16)28-21(15)17;/h11-13,16-19H,6-10,15H2,1-5H3;6-7,9-13H,5H2,1-4H3;/q2*-1;. The molecule has 0 amide bonds. The summed E-state index contributed by atoms with van der Waals surface area (Å²) in [6.07, 6.45) is 12.0. The van der Waals surface area contributed by atoms with Gasteiger partial charge in [-0.2, -0.15) is 0 Å². The van der Waals surface area contributed by atoms with Crippen LogP contribution in [0.1, 0.15) is 101 Å². The summed E-state index contributed by atoms with van der Waals surface area (Å²) in [7, 11) is 0. The minimum atomic E-state index is -1.90. The van der Waals surface area contributed by atoms with Crippen LogP contribution in [0.15, 0.2) is 71.4 Å². The fourth-order valence-corrected chi connectivity index (χ4v) is 11.5. The van der Waals surface area contributed by atoms with Crippen molar-refractivity contribution in [3.8, 4) is 22.6 Å². The Balaban J connectivity index is 0.000000184. The molecule has 1 fully saturated rings. The number of pyridine rings is 3. The Morgan fingerprint density at radius 2 is 1.69 bits per heavy atom. The molecule has 8 heteroatoms. The number of furan rings is 1. The fourth-order valence-electron chi connectivity index (χ4n) is 8.12. The van der Waals surface area contributed by atoms with Crippen molar-refractivity contribution in [2.75, 3.05) is 0 Å². The Morgan fingerprint density at radius 1 is 0.909 bits per heavy atom. The van der Waals surface area contributed by atoms with Crippen LogP contribution in [0, 0.1) is 25.0 Å². The van der Waals surface area contributed by atoms with Crippen LogP contribution in [0.3, 0.4) is 0 Å². The van der Waals surface area contributed by atoms with Crippen molar-refractivity contribution in [1.29, 1.82) is 0 Å². The van der Waals surface area contributed by atoms with Crippen LogP contribution in [0.5, 0.6) is 0 Å². The van der Waals surface area contributed by atoms with Gasteiger partial charge in [-0.3, -0.25) is 9.97 Å². The quantitative estimate of drug-likeness (QED) is 0.112. The normalized spacial score (nSPS) is 13.8. The molecule has 2 aromatic carbocycles. The van der Waals surface area contributed by atoms with Crippen LogP contribution in [-0.2, 0) is 33.1 Å². The third-order valence-electron chi connectivity index (χ3n) is 10.8. The van der Waals surface area contributed by atoms with Crippen molar-refractivity contribution in [2.24, 2.45) is 5.92 Å². The fraction of sp³-hybridized carbons (Fsp3) is 0.404. The van der Waals surface area contributed by atoms with E-state index >= 15 is 0 Å². The Morgan fingerprint density at radius 3 is 2.36 bits per heavy atom. The maximum atomic E-state index is 6.18. The first-order chi connectivity index (χ1) is 25.9. The molecule has 0 unspecified atom stereocenters. The number of nitrogens with zero attached hydrogens (tertiary/aromatic N) is 5. The van der Waals surface area contributed by atoms with E-state index in [9.17, 15) is 0 Å². The molecule has 0 atom stereocenters. The zero-order valence-electron chi connectivity index (χ0n) is 34.0. The number of aromatic nitrogens is 5. The molecule has 6 nitrogen and oxygen atoms in total. The van der Waals surface area contributed by atoms with Crippen molar-refractivity contribution in [1.82, 2.24) is 24.5 Å². The molecule has 7 aromatic rings. The van der Waals surface area contributed by atoms with Crippen LogP contribution in [-0.4, -0.2) is 37.8 Å². The monoisotopic (exact) mass is 972 g/mol. The van der Waals surface area contributed by atoms with Crippen LogP contribution < -0.4 is 4.40 Å². The summed E-state index contributed by atoms with van der Waals surface area (Å²) in [4.78, 5) is 19.0. The van der Waals surface area contributed by atoms with Crippen molar-refractivity contribution in [3.05, 3.63) is 102 Å². The summed E-state index contributed by atoms with van der Waals surface area (Å²) >= 11 is -1.90. The minimum absolute atomic E-state index is 0. The second kappa shape index (κ2) is 17.2. The molecule has 0 spiro atoms. The summed E-state index contributed by atoms with van der Waals surface area (Å²) in [5.74, 6) is 9.98. The molecule has 1 aliphatic rings. The Labute approximate surface area is 343 Å². The maximum absolute atomic E-state index is 6.18. The third kappa shape index (κ3) is 8.70. The third-order valence-corrected chi connectivity index (χ3v) is 15.2. The van der Waals surface area contributed by atoms with Crippen molar-refractivity contribution >= 4 is 50.8 Å². The van der Waals surface area contributed by atoms with Gasteiger partial charge in [0.2, 0.25) is 5.71 Å². The molecule has 5 aromatic heterocycles. The van der Waals surface area contributed by atoms with Gasteiger partial charge in [-0.15, -0.1) is 18.2 Å². The first kappa shape index (κ1) is 41.0. The van der Waals surface area contributed by atoms with Crippen LogP contribution >= 0.6 is 0 Å². The summed E-state index contributed by atoms with van der Waals surface area (Å²) in [6, 6.07) is 26.1. The molecule has 55 heavy (non-hydrogen) atoms. The topological polar surface area (TPSA) is 69.6 Å². The van der Waals surface area contributed by atoms with E-state index in [1.165, 1.54) is 43.2 Å². The minimum Gasteiger partial charge on any atom is -0.486 e. The Hall–Kier alpha value is -3.65. The van der Waals surface area contributed by atoms with E-state index in [2.05, 4.69) is 115 Å². The Kier molecular flexibility index (Phi) is 12.8. The van der Waals surface area contributed by atoms with Crippen LogP contribution in [0.2, 0.25) is 17.3 Å². The average Bonchev–Trinajstić information content (AvgIpc) is 3.72. The number of rotatable bonds is 8. The van der Waals surface area contributed by atoms with E-state index in [0.29, 0.717) is 17.5 Å². The summed E-state index contributed by atoms with van der Waals surface area (Å²) < 4.78 is 9.95. The molecule has 289 valence electrons. The molecular formula is C47H55GeIrN5O-2. The SMILES string of the molecule is CC(C)Cc1cc(-c2[c-]cc(C3CCCCC3)cc2)nc[c]1[Ge]([CH3])([CH3])[CH3].CCn1c(-c2[c-]ccc3c2oc2nc(C)ccc23)nc2ccnc(C(C)C)c21.[Ir]. The van der Waals surface area contributed by atoms with Gasteiger partial charge in [0.1, 0.15) is 0 Å². The molecular weight excluding hydrogens is 915 g/mol. The number of hydrogen-bond donors (Lipinski definition) is 0. The second-order valence-corrected chi connectivity index (χ2v) is 27.4. The van der Waals surface area contributed by atoms with E-state index in [4.69, 9.17) is 14.4 Å². The number of imidazole rings is 1. The van der Waals surface area contributed by atoms with E-state index in [1.807, 2.05) is 37.4 Å². The zero-order chi connectivity index (χ0) is 38.1. The molecule has 1 saturated carbocycles. The zero-order valence-corrected chi connectivity index (χ0v) is 38.5. The first-order valence-electron chi connectivity index (χ1n) is 20.0. The van der Waals surface area contributed by atoms with Gasteiger partial charge in [-0.25, -0.2) is 4.98 Å². The summed E-state index contributed by atoms with van der Waals surface area (Å²) in [6.45, 7) is 13.8. The smallest absolute Gasteiger partial charge is 0.216 e. The van der Waals surface area contributed by atoms with Gasteiger partial charge < -0.3 is 8.98 Å². The molecule has 0 N–H and O–H groups in total. The van der Waals surface area contributed by atoms with E-state index in [0.717, 1.165) is 80.3 Å². The Bertz CT molecular complexity index is 2400. The first-order valence-corrected chi connectivity index (χ1v) is 27.3. The van der Waals surface area contributed by atoms with Gasteiger partial charge in [-0.1, -0.05) is 24.8 Å². The van der Waals surface area contributed by atoms with E-state index in [-0.39, 0.29) is 20.1 Å². The molecule has 8 rings (SSSR count). The van der Waals surface area contributed by atoms with Crippen molar-refractivity contribution in [3.63, 3.8) is 0 Å². The summed E-state index contributed by atoms with van der Waals surface area (Å²) in [5.41, 5.74) is 11.5. The van der Waals surface area contributed by atoms with Crippen molar-refractivity contribution < 1.29 is 24.5 Å². The predicted octanol–water partition coefficient (Wildman–Crippen LogP) is 12.0. The van der Waals surface area contributed by atoms with Gasteiger partial charge in [0.15, 0.2) is 0 Å². The predicted molar refractivity (Wildman–Crippen MR) is 227 cm³/mol. The van der Waals surface area contributed by atoms with Crippen molar-refractivity contribution in [2.45, 2.75) is 116 Å².